The molecule has 4 heteroatoms. The number of hydrogen-bond acceptors (Lipinski definition) is 3. The van der Waals surface area contributed by atoms with Gasteiger partial charge in [0.1, 0.15) is 0 Å². The average molecular weight is 417 g/mol. The van der Waals surface area contributed by atoms with Crippen LogP contribution in [0.1, 0.15) is 52.0 Å². The van der Waals surface area contributed by atoms with Gasteiger partial charge < -0.3 is 14.8 Å². The molecule has 0 amide bonds. The lowest BCUT2D eigenvalue weighted by Gasteiger charge is -2.29. The second-order valence-corrected chi connectivity index (χ2v) is 7.69. The number of ether oxygens (including phenoxy) is 2. The van der Waals surface area contributed by atoms with Gasteiger partial charge in [0.15, 0.2) is 11.5 Å². The van der Waals surface area contributed by atoms with Gasteiger partial charge in [-0.25, -0.2) is 0 Å². The monoisotopic (exact) mass is 417 g/mol. The van der Waals surface area contributed by atoms with Crippen molar-refractivity contribution in [1.29, 1.82) is 0 Å². The first-order chi connectivity index (χ1) is 10.5. The average Bonchev–Trinajstić information content (AvgIpc) is 2.48. The van der Waals surface area contributed by atoms with Gasteiger partial charge >= 0.3 is 0 Å². The number of methoxy groups -OCH3 is 1. The van der Waals surface area contributed by atoms with Crippen LogP contribution < -0.4 is 14.8 Å². The maximum Gasteiger partial charge on any atom is 0.174 e. The van der Waals surface area contributed by atoms with Gasteiger partial charge in [-0.05, 0) is 72.9 Å². The summed E-state index contributed by atoms with van der Waals surface area (Å²) < 4.78 is 12.5. The third-order valence-corrected chi connectivity index (χ3v) is 5.12. The summed E-state index contributed by atoms with van der Waals surface area (Å²) >= 11 is 2.33. The van der Waals surface area contributed by atoms with Gasteiger partial charge in [0.05, 0.1) is 16.8 Å². The van der Waals surface area contributed by atoms with Crippen molar-refractivity contribution in [2.24, 2.45) is 5.92 Å². The molecule has 0 saturated heterocycles. The minimum absolute atomic E-state index is 0.148. The molecule has 0 aromatic heterocycles. The highest BCUT2D eigenvalue weighted by Crippen LogP contribution is 2.35. The normalized spacial score (nSPS) is 21.9. The molecule has 0 unspecified atom stereocenters. The molecule has 2 rings (SSSR count). The van der Waals surface area contributed by atoms with Crippen LogP contribution in [0.5, 0.6) is 11.5 Å². The summed E-state index contributed by atoms with van der Waals surface area (Å²) in [6.07, 6.45) is 5.52. The Bertz CT molecular complexity index is 490. The predicted molar refractivity (Wildman–Crippen MR) is 99.7 cm³/mol. The minimum atomic E-state index is 0.148. The van der Waals surface area contributed by atoms with Gasteiger partial charge in [-0.15, -0.1) is 0 Å². The van der Waals surface area contributed by atoms with Gasteiger partial charge in [0.25, 0.3) is 0 Å². The Morgan fingerprint density at radius 2 is 2.00 bits per heavy atom. The van der Waals surface area contributed by atoms with E-state index in [1.807, 2.05) is 13.8 Å². The van der Waals surface area contributed by atoms with Gasteiger partial charge in [-0.2, -0.15) is 0 Å². The van der Waals surface area contributed by atoms with E-state index in [1.54, 1.807) is 7.11 Å². The molecule has 0 radical (unpaired) electrons. The van der Waals surface area contributed by atoms with Crippen LogP contribution in [0.25, 0.3) is 0 Å². The van der Waals surface area contributed by atoms with Crippen molar-refractivity contribution in [3.8, 4) is 11.5 Å². The highest BCUT2D eigenvalue weighted by Gasteiger charge is 2.21. The molecule has 3 nitrogen and oxygen atoms in total. The molecular formula is C18H28INO2. The molecule has 1 aliphatic carbocycles. The minimum Gasteiger partial charge on any atom is -0.493 e. The highest BCUT2D eigenvalue weighted by atomic mass is 127. The van der Waals surface area contributed by atoms with Crippen molar-refractivity contribution in [2.45, 2.75) is 65.1 Å². The quantitative estimate of drug-likeness (QED) is 0.678. The highest BCUT2D eigenvalue weighted by molar-refractivity contribution is 14.1. The molecule has 1 saturated carbocycles. The molecule has 1 aliphatic rings. The van der Waals surface area contributed by atoms with Crippen LogP contribution in [0.4, 0.5) is 0 Å². The molecule has 1 fully saturated rings. The molecule has 124 valence electrons. The topological polar surface area (TPSA) is 30.5 Å². The van der Waals surface area contributed by atoms with Gasteiger partial charge in [0, 0.05) is 12.6 Å². The second-order valence-electron chi connectivity index (χ2n) is 6.52. The fraction of sp³-hybridized carbons (Fsp3) is 0.667. The first kappa shape index (κ1) is 17.9. The lowest BCUT2D eigenvalue weighted by Crippen LogP contribution is -2.36. The summed E-state index contributed by atoms with van der Waals surface area (Å²) in [5.41, 5.74) is 1.26. The van der Waals surface area contributed by atoms with Crippen LogP contribution in [0.3, 0.4) is 0 Å². The van der Waals surface area contributed by atoms with E-state index in [-0.39, 0.29) is 6.10 Å². The lowest BCUT2D eigenvalue weighted by atomic mass is 9.86. The molecule has 0 bridgehead atoms. The van der Waals surface area contributed by atoms with E-state index in [0.29, 0.717) is 6.04 Å². The Balaban J connectivity index is 2.06. The number of benzene rings is 1. The maximum absolute atomic E-state index is 5.88. The zero-order valence-corrected chi connectivity index (χ0v) is 16.3. The maximum atomic E-state index is 5.88. The van der Waals surface area contributed by atoms with Gasteiger partial charge in [-0.3, -0.25) is 0 Å². The first-order valence-corrected chi connectivity index (χ1v) is 9.35. The molecule has 1 aromatic rings. The molecule has 0 spiro atoms. The van der Waals surface area contributed by atoms with Crippen molar-refractivity contribution < 1.29 is 9.47 Å². The Labute approximate surface area is 148 Å². The van der Waals surface area contributed by atoms with Gasteiger partial charge in [-0.1, -0.05) is 19.8 Å². The molecule has 1 aromatic carbocycles. The van der Waals surface area contributed by atoms with Crippen LogP contribution in [-0.4, -0.2) is 19.3 Å². The van der Waals surface area contributed by atoms with Gasteiger partial charge in [0.2, 0.25) is 0 Å². The van der Waals surface area contributed by atoms with Crippen LogP contribution >= 0.6 is 22.6 Å². The third-order valence-electron chi connectivity index (χ3n) is 4.32. The standard InChI is InChI=1S/C18H28INO2/c1-12(2)22-18-15(19)9-14(10-17(18)21-4)11-20-16-8-6-5-7-13(16)3/h9-10,12-13,16,20H,5-8,11H2,1-4H3/t13-,16-/m1/s1. The van der Waals surface area contributed by atoms with E-state index in [1.165, 1.54) is 31.2 Å². The van der Waals surface area contributed by atoms with Crippen LogP contribution in [0.15, 0.2) is 12.1 Å². The smallest absolute Gasteiger partial charge is 0.174 e. The zero-order chi connectivity index (χ0) is 16.1. The summed E-state index contributed by atoms with van der Waals surface area (Å²) in [7, 11) is 1.71. The molecule has 0 heterocycles. The summed E-state index contributed by atoms with van der Waals surface area (Å²) in [5, 5.41) is 3.73. The predicted octanol–water partition coefficient (Wildman–Crippen LogP) is 4.76. The van der Waals surface area contributed by atoms with Crippen LogP contribution in [0, 0.1) is 9.49 Å². The zero-order valence-electron chi connectivity index (χ0n) is 14.1. The Morgan fingerprint density at radius 1 is 1.27 bits per heavy atom. The lowest BCUT2D eigenvalue weighted by molar-refractivity contribution is 0.228. The third kappa shape index (κ3) is 4.75. The Morgan fingerprint density at radius 3 is 2.64 bits per heavy atom. The fourth-order valence-corrected chi connectivity index (χ4v) is 3.89. The first-order valence-electron chi connectivity index (χ1n) is 8.27. The van der Waals surface area contributed by atoms with E-state index in [9.17, 15) is 0 Å². The summed E-state index contributed by atoms with van der Waals surface area (Å²) in [6.45, 7) is 7.33. The molecule has 0 aliphatic heterocycles. The second kappa shape index (κ2) is 8.39. The molecular weight excluding hydrogens is 389 g/mol. The summed E-state index contributed by atoms with van der Waals surface area (Å²) in [4.78, 5) is 0. The molecule has 22 heavy (non-hydrogen) atoms. The van der Waals surface area contributed by atoms with Crippen LogP contribution in [-0.2, 0) is 6.54 Å². The van der Waals surface area contributed by atoms with Crippen molar-refractivity contribution in [2.75, 3.05) is 7.11 Å². The van der Waals surface area contributed by atoms with E-state index >= 15 is 0 Å². The van der Waals surface area contributed by atoms with E-state index in [4.69, 9.17) is 9.47 Å². The Hall–Kier alpha value is -0.490. The molecule has 2 atom stereocenters. The van der Waals surface area contributed by atoms with E-state index < -0.39 is 0 Å². The van der Waals surface area contributed by atoms with E-state index in [2.05, 4.69) is 47.0 Å². The fourth-order valence-electron chi connectivity index (χ4n) is 3.09. The SMILES string of the molecule is COc1cc(CN[C@@H]2CCCC[C@H]2C)cc(I)c1OC(C)C. The number of hydrogen-bond donors (Lipinski definition) is 1. The molecule has 1 N–H and O–H groups in total. The number of rotatable bonds is 6. The van der Waals surface area contributed by atoms with Crippen molar-refractivity contribution in [3.05, 3.63) is 21.3 Å². The number of nitrogens with one attached hydrogen (secondary N) is 1. The Kier molecular flexibility index (Phi) is 6.81. The van der Waals surface area contributed by atoms with Crippen LogP contribution in [0.2, 0.25) is 0 Å². The van der Waals surface area contributed by atoms with Crippen molar-refractivity contribution >= 4 is 22.6 Å². The van der Waals surface area contributed by atoms with E-state index in [0.717, 1.165) is 27.5 Å². The number of halogens is 1. The largest absolute Gasteiger partial charge is 0.493 e. The summed E-state index contributed by atoms with van der Waals surface area (Å²) in [5.74, 6) is 2.46. The summed E-state index contributed by atoms with van der Waals surface area (Å²) in [6, 6.07) is 4.94. The van der Waals surface area contributed by atoms with Crippen molar-refractivity contribution in [1.82, 2.24) is 5.32 Å². The van der Waals surface area contributed by atoms with Crippen molar-refractivity contribution in [3.63, 3.8) is 0 Å².